The van der Waals surface area contributed by atoms with E-state index in [0.29, 0.717) is 24.5 Å². The Morgan fingerprint density at radius 1 is 1.07 bits per heavy atom. The smallest absolute Gasteiger partial charge is 0.251 e. The van der Waals surface area contributed by atoms with Crippen LogP contribution < -0.4 is 10.1 Å². The molecular weight excluding hydrogens is 342 g/mol. The van der Waals surface area contributed by atoms with Gasteiger partial charge in [0.05, 0.1) is 30.4 Å². The zero-order chi connectivity index (χ0) is 19.4. The van der Waals surface area contributed by atoms with Gasteiger partial charge in [-0.3, -0.25) is 4.79 Å². The number of amides is 1. The maximum Gasteiger partial charge on any atom is 0.251 e. The number of aryl methyl sites for hydroxylation is 2. The quantitative estimate of drug-likeness (QED) is 0.726. The number of methoxy groups -OCH3 is 1. The molecule has 7 heteroatoms. The van der Waals surface area contributed by atoms with Crippen LogP contribution in [0.4, 0.5) is 0 Å². The highest BCUT2D eigenvalue weighted by Crippen LogP contribution is 2.30. The number of nitrogens with zero attached hydrogens (tertiary/aromatic N) is 4. The third-order valence-electron chi connectivity index (χ3n) is 4.61. The lowest BCUT2D eigenvalue weighted by Gasteiger charge is -2.11. The molecule has 0 spiro atoms. The van der Waals surface area contributed by atoms with E-state index in [2.05, 4.69) is 20.3 Å². The van der Waals surface area contributed by atoms with Crippen molar-refractivity contribution in [1.82, 2.24) is 24.8 Å². The average molecular weight is 365 g/mol. The first-order valence-electron chi connectivity index (χ1n) is 8.73. The third-order valence-corrected chi connectivity index (χ3v) is 4.61. The van der Waals surface area contributed by atoms with Gasteiger partial charge < -0.3 is 14.6 Å². The second-order valence-corrected chi connectivity index (χ2v) is 6.29. The molecular formula is C20H23N5O2. The fraction of sp³-hybridized carbons (Fsp3) is 0.300. The van der Waals surface area contributed by atoms with Crippen molar-refractivity contribution in [3.8, 4) is 17.0 Å². The van der Waals surface area contributed by atoms with Gasteiger partial charge in [-0.05, 0) is 38.5 Å². The van der Waals surface area contributed by atoms with E-state index < -0.39 is 0 Å². The summed E-state index contributed by atoms with van der Waals surface area (Å²) in [5.74, 6) is 0.412. The predicted octanol–water partition coefficient (Wildman–Crippen LogP) is 2.70. The maximum absolute atomic E-state index is 12.4. The Hall–Kier alpha value is -3.22. The standard InChI is InChI=1S/C20H23N5O2/c1-13-15(3)25(12-24-13)10-9-21-19(26)17-7-5-16(6-8-17)18-14(2)22-11-23-20(18)27-4/h5-8,11-12H,9-10H2,1-4H3,(H,21,26). The van der Waals surface area contributed by atoms with Gasteiger partial charge in [-0.25, -0.2) is 15.0 Å². The number of rotatable bonds is 6. The first-order chi connectivity index (χ1) is 13.0. The summed E-state index contributed by atoms with van der Waals surface area (Å²) in [6.45, 7) is 7.12. The predicted molar refractivity (Wildman–Crippen MR) is 103 cm³/mol. The molecule has 0 saturated heterocycles. The monoisotopic (exact) mass is 365 g/mol. The highest BCUT2D eigenvalue weighted by molar-refractivity contribution is 5.94. The lowest BCUT2D eigenvalue weighted by atomic mass is 10.0. The van der Waals surface area contributed by atoms with E-state index in [1.54, 1.807) is 25.6 Å². The number of aromatic nitrogens is 4. The van der Waals surface area contributed by atoms with Gasteiger partial charge in [0.1, 0.15) is 6.33 Å². The van der Waals surface area contributed by atoms with E-state index in [1.165, 1.54) is 6.33 Å². The second-order valence-electron chi connectivity index (χ2n) is 6.29. The van der Waals surface area contributed by atoms with Crippen molar-refractivity contribution in [1.29, 1.82) is 0 Å². The van der Waals surface area contributed by atoms with Crippen molar-refractivity contribution in [3.05, 3.63) is 59.6 Å². The molecule has 0 bridgehead atoms. The van der Waals surface area contributed by atoms with E-state index in [4.69, 9.17) is 4.74 Å². The van der Waals surface area contributed by atoms with Gasteiger partial charge >= 0.3 is 0 Å². The summed E-state index contributed by atoms with van der Waals surface area (Å²) < 4.78 is 7.36. The zero-order valence-corrected chi connectivity index (χ0v) is 16.0. The second kappa shape index (κ2) is 7.99. The number of hydrogen-bond donors (Lipinski definition) is 1. The zero-order valence-electron chi connectivity index (χ0n) is 16.0. The van der Waals surface area contributed by atoms with Crippen LogP contribution in [-0.4, -0.2) is 39.1 Å². The van der Waals surface area contributed by atoms with Gasteiger partial charge in [0.25, 0.3) is 5.91 Å². The molecule has 0 aliphatic carbocycles. The number of hydrogen-bond acceptors (Lipinski definition) is 5. The van der Waals surface area contributed by atoms with E-state index in [9.17, 15) is 4.79 Å². The van der Waals surface area contributed by atoms with Crippen LogP contribution in [0.2, 0.25) is 0 Å². The fourth-order valence-corrected chi connectivity index (χ4v) is 2.89. The Balaban J connectivity index is 1.67. The minimum atomic E-state index is -0.107. The molecule has 1 N–H and O–H groups in total. The fourth-order valence-electron chi connectivity index (χ4n) is 2.89. The molecule has 3 rings (SSSR count). The molecule has 0 aliphatic heterocycles. The van der Waals surface area contributed by atoms with Crippen molar-refractivity contribution < 1.29 is 9.53 Å². The van der Waals surface area contributed by atoms with Crippen molar-refractivity contribution in [3.63, 3.8) is 0 Å². The lowest BCUT2D eigenvalue weighted by Crippen LogP contribution is -2.27. The van der Waals surface area contributed by atoms with Crippen LogP contribution in [0.15, 0.2) is 36.9 Å². The number of carbonyl (C=O) groups excluding carboxylic acids is 1. The van der Waals surface area contributed by atoms with Crippen LogP contribution >= 0.6 is 0 Å². The molecule has 2 heterocycles. The van der Waals surface area contributed by atoms with Crippen molar-refractivity contribution >= 4 is 5.91 Å². The normalized spacial score (nSPS) is 10.7. The third kappa shape index (κ3) is 3.97. The van der Waals surface area contributed by atoms with Gasteiger partial charge in [-0.2, -0.15) is 0 Å². The minimum absolute atomic E-state index is 0.107. The summed E-state index contributed by atoms with van der Waals surface area (Å²) in [6.07, 6.45) is 3.27. The number of benzene rings is 1. The SMILES string of the molecule is COc1ncnc(C)c1-c1ccc(C(=O)NCCn2cnc(C)c2C)cc1. The van der Waals surface area contributed by atoms with E-state index >= 15 is 0 Å². The Bertz CT molecular complexity index is 948. The van der Waals surface area contributed by atoms with Gasteiger partial charge in [0, 0.05) is 24.3 Å². The molecule has 7 nitrogen and oxygen atoms in total. The van der Waals surface area contributed by atoms with Crippen LogP contribution in [0.1, 0.15) is 27.4 Å². The molecule has 3 aromatic rings. The van der Waals surface area contributed by atoms with E-state index in [0.717, 1.165) is 28.2 Å². The Kier molecular flexibility index (Phi) is 5.49. The largest absolute Gasteiger partial charge is 0.480 e. The molecule has 0 atom stereocenters. The molecule has 0 saturated carbocycles. The highest BCUT2D eigenvalue weighted by atomic mass is 16.5. The summed E-state index contributed by atoms with van der Waals surface area (Å²) in [5, 5.41) is 2.94. The van der Waals surface area contributed by atoms with E-state index in [-0.39, 0.29) is 5.91 Å². The highest BCUT2D eigenvalue weighted by Gasteiger charge is 2.13. The van der Waals surface area contributed by atoms with Crippen LogP contribution in [0.3, 0.4) is 0 Å². The van der Waals surface area contributed by atoms with Crippen LogP contribution in [0.25, 0.3) is 11.1 Å². The van der Waals surface area contributed by atoms with Crippen LogP contribution in [-0.2, 0) is 6.54 Å². The topological polar surface area (TPSA) is 81.9 Å². The van der Waals surface area contributed by atoms with Gasteiger partial charge in [-0.1, -0.05) is 12.1 Å². The first kappa shape index (κ1) is 18.6. The number of imidazole rings is 1. The first-order valence-corrected chi connectivity index (χ1v) is 8.73. The number of nitrogens with one attached hydrogen (secondary N) is 1. The van der Waals surface area contributed by atoms with Crippen molar-refractivity contribution in [2.75, 3.05) is 13.7 Å². The van der Waals surface area contributed by atoms with Crippen LogP contribution in [0.5, 0.6) is 5.88 Å². The van der Waals surface area contributed by atoms with Crippen LogP contribution in [0, 0.1) is 20.8 Å². The van der Waals surface area contributed by atoms with Crippen molar-refractivity contribution in [2.45, 2.75) is 27.3 Å². The molecule has 1 amide bonds. The summed E-state index contributed by atoms with van der Waals surface area (Å²) in [6, 6.07) is 7.35. The van der Waals surface area contributed by atoms with Gasteiger partial charge in [0.2, 0.25) is 5.88 Å². The van der Waals surface area contributed by atoms with Gasteiger partial charge in [-0.15, -0.1) is 0 Å². The van der Waals surface area contributed by atoms with E-state index in [1.807, 2.05) is 37.5 Å². The minimum Gasteiger partial charge on any atom is -0.480 e. The molecule has 140 valence electrons. The Morgan fingerprint density at radius 2 is 1.81 bits per heavy atom. The summed E-state index contributed by atoms with van der Waals surface area (Å²) >= 11 is 0. The average Bonchev–Trinajstić information content (AvgIpc) is 3.00. The molecule has 0 unspecified atom stereocenters. The lowest BCUT2D eigenvalue weighted by molar-refractivity contribution is 0.0952. The Labute approximate surface area is 158 Å². The molecule has 1 aromatic carbocycles. The Morgan fingerprint density at radius 3 is 2.44 bits per heavy atom. The number of ether oxygens (including phenoxy) is 1. The number of carbonyl (C=O) groups is 1. The molecule has 0 aliphatic rings. The molecule has 2 aromatic heterocycles. The molecule has 0 fully saturated rings. The molecule has 27 heavy (non-hydrogen) atoms. The molecule has 0 radical (unpaired) electrons. The summed E-state index contributed by atoms with van der Waals surface area (Å²) in [4.78, 5) is 25.0. The summed E-state index contributed by atoms with van der Waals surface area (Å²) in [7, 11) is 1.58. The summed E-state index contributed by atoms with van der Waals surface area (Å²) in [5.41, 5.74) is 5.29. The van der Waals surface area contributed by atoms with Crippen molar-refractivity contribution in [2.24, 2.45) is 0 Å². The maximum atomic E-state index is 12.4. The van der Waals surface area contributed by atoms with Gasteiger partial charge in [0.15, 0.2) is 0 Å².